The predicted octanol–water partition coefficient (Wildman–Crippen LogP) is 1.02. The van der Waals surface area contributed by atoms with Crippen LogP contribution >= 0.6 is 0 Å². The molecule has 0 aliphatic heterocycles. The molecular formula is C5H12ErO. The molecule has 0 radical (unpaired) electrons. The zero-order valence-corrected chi connectivity index (χ0v) is 6.58. The molecule has 0 atom stereocenters. The summed E-state index contributed by atoms with van der Waals surface area (Å²) in [5.74, 6) is 0.648. The number of hydrogen-bond acceptors (Lipinski definition) is 1. The summed E-state index contributed by atoms with van der Waals surface area (Å²) in [6, 6.07) is 0. The van der Waals surface area contributed by atoms with Crippen LogP contribution in [-0.2, 0) is 0 Å². The molecule has 0 fully saturated rings. The molecule has 1 nitrogen and oxygen atoms in total. The molecule has 0 saturated heterocycles. The van der Waals surface area contributed by atoms with Gasteiger partial charge >= 0.3 is 0 Å². The maximum Gasteiger partial charge on any atom is 0.0433 e. The van der Waals surface area contributed by atoms with Gasteiger partial charge in [-0.25, -0.2) is 0 Å². The van der Waals surface area contributed by atoms with Crippen LogP contribution in [0.5, 0.6) is 0 Å². The standard InChI is InChI=1S/C5H12O.Er/c1-5(2)3-4-6;/h5-6H,3-4H2,1-2H3;. The van der Waals surface area contributed by atoms with Crippen LogP contribution in [0.3, 0.4) is 0 Å². The minimum absolute atomic E-state index is 0. The van der Waals surface area contributed by atoms with Crippen molar-refractivity contribution in [2.75, 3.05) is 6.61 Å². The summed E-state index contributed by atoms with van der Waals surface area (Å²) in [7, 11) is 0. The summed E-state index contributed by atoms with van der Waals surface area (Å²) in [6.45, 7) is 4.52. The summed E-state index contributed by atoms with van der Waals surface area (Å²) < 4.78 is 0. The van der Waals surface area contributed by atoms with Crippen LogP contribution in [-0.4, -0.2) is 11.7 Å². The van der Waals surface area contributed by atoms with Crippen molar-refractivity contribution in [3.05, 3.63) is 0 Å². The second kappa shape index (κ2) is 7.21. The minimum Gasteiger partial charge on any atom is -0.396 e. The first-order valence-corrected chi connectivity index (χ1v) is 2.38. The molecule has 0 saturated carbocycles. The van der Waals surface area contributed by atoms with Crippen LogP contribution in [0.25, 0.3) is 0 Å². The SMILES string of the molecule is CC(C)CCO.[Er]. The van der Waals surface area contributed by atoms with Gasteiger partial charge in [0, 0.05) is 43.9 Å². The van der Waals surface area contributed by atoms with Crippen molar-refractivity contribution in [3.8, 4) is 0 Å². The van der Waals surface area contributed by atoms with E-state index in [2.05, 4.69) is 13.8 Å². The van der Waals surface area contributed by atoms with Crippen molar-refractivity contribution in [1.29, 1.82) is 0 Å². The van der Waals surface area contributed by atoms with Crippen LogP contribution in [0.4, 0.5) is 0 Å². The van der Waals surface area contributed by atoms with E-state index in [0.717, 1.165) is 6.42 Å². The summed E-state index contributed by atoms with van der Waals surface area (Å²) >= 11 is 0. The van der Waals surface area contributed by atoms with Gasteiger partial charge in [0.15, 0.2) is 0 Å². The van der Waals surface area contributed by atoms with Crippen molar-refractivity contribution in [3.63, 3.8) is 0 Å². The van der Waals surface area contributed by atoms with E-state index in [1.807, 2.05) is 0 Å². The average Bonchev–Trinajstić information content (AvgIpc) is 1.35. The summed E-state index contributed by atoms with van der Waals surface area (Å²) in [4.78, 5) is 0. The molecule has 7 heavy (non-hydrogen) atoms. The summed E-state index contributed by atoms with van der Waals surface area (Å²) in [5.41, 5.74) is 0. The van der Waals surface area contributed by atoms with Crippen LogP contribution in [0.1, 0.15) is 20.3 Å². The fourth-order valence-corrected chi connectivity index (χ4v) is 0.258. The van der Waals surface area contributed by atoms with Crippen LogP contribution in [0.15, 0.2) is 0 Å². The maximum atomic E-state index is 8.24. The zero-order valence-electron chi connectivity index (χ0n) is 4.73. The van der Waals surface area contributed by atoms with Gasteiger partial charge in [0.25, 0.3) is 0 Å². The first-order valence-electron chi connectivity index (χ1n) is 2.38. The van der Waals surface area contributed by atoms with Gasteiger partial charge in [0.05, 0.1) is 0 Å². The molecule has 1 N–H and O–H groups in total. The van der Waals surface area contributed by atoms with E-state index in [4.69, 9.17) is 5.11 Å². The van der Waals surface area contributed by atoms with Crippen LogP contribution < -0.4 is 0 Å². The number of rotatable bonds is 2. The third-order valence-corrected chi connectivity index (χ3v) is 0.706. The second-order valence-corrected chi connectivity index (χ2v) is 1.91. The fourth-order valence-electron chi connectivity index (χ4n) is 0.258. The van der Waals surface area contributed by atoms with Crippen molar-refractivity contribution in [1.82, 2.24) is 0 Å². The zero-order chi connectivity index (χ0) is 4.99. The quantitative estimate of drug-likeness (QED) is 0.781. The fraction of sp³-hybridized carbons (Fsp3) is 1.00. The minimum atomic E-state index is 0. The van der Waals surface area contributed by atoms with Gasteiger partial charge in [-0.15, -0.1) is 0 Å². The van der Waals surface area contributed by atoms with E-state index in [0.29, 0.717) is 12.5 Å². The monoisotopic (exact) mass is 254 g/mol. The first kappa shape index (κ1) is 11.1. The molecule has 0 aromatic rings. The Morgan fingerprint density at radius 2 is 1.86 bits per heavy atom. The van der Waals surface area contributed by atoms with Crippen molar-refractivity contribution in [2.24, 2.45) is 5.92 Å². The molecule has 0 bridgehead atoms. The Labute approximate surface area is 74.7 Å². The van der Waals surface area contributed by atoms with E-state index in [9.17, 15) is 0 Å². The Kier molecular flexibility index (Phi) is 11.4. The van der Waals surface area contributed by atoms with Crippen molar-refractivity contribution in [2.45, 2.75) is 20.3 Å². The molecule has 0 aliphatic rings. The molecule has 50 valence electrons. The third kappa shape index (κ3) is 11.0. The normalized spacial score (nSPS) is 8.57. The topological polar surface area (TPSA) is 20.2 Å². The largest absolute Gasteiger partial charge is 0.396 e. The van der Waals surface area contributed by atoms with Gasteiger partial charge in [-0.3, -0.25) is 0 Å². The van der Waals surface area contributed by atoms with Gasteiger partial charge in [-0.05, 0) is 12.3 Å². The Hall–Kier alpha value is 1.21. The third-order valence-electron chi connectivity index (χ3n) is 0.706. The Morgan fingerprint density at radius 3 is 1.86 bits per heavy atom. The van der Waals surface area contributed by atoms with Gasteiger partial charge in [-0.1, -0.05) is 13.8 Å². The first-order chi connectivity index (χ1) is 2.77. The number of aliphatic hydroxyl groups excluding tert-OH is 1. The van der Waals surface area contributed by atoms with Crippen LogP contribution in [0, 0.1) is 43.2 Å². The summed E-state index contributed by atoms with van der Waals surface area (Å²) in [6.07, 6.45) is 0.931. The average molecular weight is 255 g/mol. The Balaban J connectivity index is 0. The Morgan fingerprint density at radius 1 is 1.43 bits per heavy atom. The summed E-state index contributed by atoms with van der Waals surface area (Å²) in [5, 5.41) is 8.24. The van der Waals surface area contributed by atoms with E-state index >= 15 is 0 Å². The van der Waals surface area contributed by atoms with Gasteiger partial charge < -0.3 is 5.11 Å². The van der Waals surface area contributed by atoms with Crippen molar-refractivity contribution < 1.29 is 42.4 Å². The molecule has 0 aliphatic carbocycles. The molecule has 0 aromatic carbocycles. The second-order valence-electron chi connectivity index (χ2n) is 1.91. The van der Waals surface area contributed by atoms with E-state index < -0.39 is 0 Å². The Bertz CT molecular complexity index is 29.3. The van der Waals surface area contributed by atoms with E-state index in [-0.39, 0.29) is 37.3 Å². The molecule has 0 heterocycles. The smallest absolute Gasteiger partial charge is 0.0433 e. The molecule has 0 aromatic heterocycles. The van der Waals surface area contributed by atoms with Crippen molar-refractivity contribution >= 4 is 0 Å². The molecule has 0 rings (SSSR count). The number of aliphatic hydroxyl groups is 1. The van der Waals surface area contributed by atoms with Gasteiger partial charge in [-0.2, -0.15) is 0 Å². The molecular weight excluding hydrogens is 243 g/mol. The molecule has 0 unspecified atom stereocenters. The molecule has 0 amide bonds. The van der Waals surface area contributed by atoms with Crippen LogP contribution in [0.2, 0.25) is 0 Å². The predicted molar refractivity (Wildman–Crippen MR) is 26.5 cm³/mol. The molecule has 2 heteroatoms. The van der Waals surface area contributed by atoms with E-state index in [1.165, 1.54) is 0 Å². The van der Waals surface area contributed by atoms with Gasteiger partial charge in [0.2, 0.25) is 0 Å². The molecule has 0 spiro atoms. The maximum absolute atomic E-state index is 8.24. The number of hydrogen-bond donors (Lipinski definition) is 1. The van der Waals surface area contributed by atoms with E-state index in [1.54, 1.807) is 0 Å². The van der Waals surface area contributed by atoms with Gasteiger partial charge in [0.1, 0.15) is 0 Å².